The van der Waals surface area contributed by atoms with Crippen molar-refractivity contribution in [1.82, 2.24) is 29.9 Å². The Morgan fingerprint density at radius 3 is 2.46 bits per heavy atom. The van der Waals surface area contributed by atoms with Crippen LogP contribution in [-0.2, 0) is 11.6 Å². The quantitative estimate of drug-likeness (QED) is 0.251. The second-order valence-corrected chi connectivity index (χ2v) is 13.1. The van der Waals surface area contributed by atoms with Gasteiger partial charge in [0, 0.05) is 36.2 Å². The SMILES string of the molecule is COc1c(Nc2cc(Nc3ccncn3)nnc2C(N)=O)cccc1-c1cc(P(=O)(C2CC2)C2CC2)n(C)n1. The molecule has 2 aliphatic carbocycles. The summed E-state index contributed by atoms with van der Waals surface area (Å²) in [5.41, 5.74) is 9.23. The Kier molecular flexibility index (Phi) is 6.26. The highest BCUT2D eigenvalue weighted by Gasteiger charge is 2.53. The summed E-state index contributed by atoms with van der Waals surface area (Å²) in [7, 11) is 0.913. The Labute approximate surface area is 224 Å². The van der Waals surface area contributed by atoms with Gasteiger partial charge in [-0.05, 0) is 49.9 Å². The van der Waals surface area contributed by atoms with Crippen molar-refractivity contribution in [2.45, 2.75) is 37.0 Å². The monoisotopic (exact) mass is 545 g/mol. The zero-order valence-electron chi connectivity index (χ0n) is 21.5. The largest absolute Gasteiger partial charge is 0.494 e. The number of hydrogen-bond donors (Lipinski definition) is 3. The van der Waals surface area contributed by atoms with Crippen LogP contribution < -0.4 is 26.5 Å². The van der Waals surface area contributed by atoms with Crippen molar-refractivity contribution in [3.05, 3.63) is 54.6 Å². The van der Waals surface area contributed by atoms with Crippen LogP contribution in [0.15, 0.2) is 48.9 Å². The van der Waals surface area contributed by atoms with Crippen LogP contribution in [0.4, 0.5) is 23.0 Å². The lowest BCUT2D eigenvalue weighted by molar-refractivity contribution is 0.0995. The van der Waals surface area contributed by atoms with Crippen LogP contribution in [0.3, 0.4) is 0 Å². The summed E-state index contributed by atoms with van der Waals surface area (Å²) in [4.78, 5) is 20.2. The molecule has 4 aromatic rings. The fourth-order valence-electron chi connectivity index (χ4n) is 4.93. The number of nitrogens with zero attached hydrogens (tertiary/aromatic N) is 6. The van der Waals surface area contributed by atoms with Crippen molar-refractivity contribution in [3.8, 4) is 17.0 Å². The number of nitrogens with one attached hydrogen (secondary N) is 2. The number of rotatable bonds is 10. The Hall–Kier alpha value is -4.31. The number of primary amides is 1. The molecule has 0 saturated heterocycles. The lowest BCUT2D eigenvalue weighted by Gasteiger charge is -2.17. The van der Waals surface area contributed by atoms with Crippen molar-refractivity contribution < 1.29 is 14.1 Å². The van der Waals surface area contributed by atoms with Crippen LogP contribution in [0, 0.1) is 0 Å². The third-order valence-corrected chi connectivity index (χ3v) is 11.4. The minimum absolute atomic E-state index is 0.0365. The maximum absolute atomic E-state index is 14.2. The van der Waals surface area contributed by atoms with Gasteiger partial charge in [-0.3, -0.25) is 9.48 Å². The number of para-hydroxylation sites is 1. The Bertz CT molecular complexity index is 1580. The van der Waals surface area contributed by atoms with E-state index in [0.29, 0.717) is 34.5 Å². The van der Waals surface area contributed by atoms with E-state index in [1.54, 1.807) is 30.1 Å². The first-order valence-corrected chi connectivity index (χ1v) is 14.5. The van der Waals surface area contributed by atoms with Crippen LogP contribution >= 0.6 is 7.14 Å². The summed E-state index contributed by atoms with van der Waals surface area (Å²) in [6.45, 7) is 0. The van der Waals surface area contributed by atoms with Crippen molar-refractivity contribution in [3.63, 3.8) is 0 Å². The number of aromatic nitrogens is 6. The molecule has 2 fully saturated rings. The van der Waals surface area contributed by atoms with E-state index in [2.05, 4.69) is 30.8 Å². The molecule has 0 bridgehead atoms. The molecule has 13 heteroatoms. The zero-order chi connectivity index (χ0) is 27.1. The van der Waals surface area contributed by atoms with Gasteiger partial charge in [-0.1, -0.05) is 6.07 Å². The van der Waals surface area contributed by atoms with Gasteiger partial charge < -0.3 is 25.7 Å². The molecule has 3 heterocycles. The minimum Gasteiger partial charge on any atom is -0.494 e. The predicted molar refractivity (Wildman–Crippen MR) is 148 cm³/mol. The summed E-state index contributed by atoms with van der Waals surface area (Å²) in [6.07, 6.45) is 7.08. The highest BCUT2D eigenvalue weighted by molar-refractivity contribution is 7.73. The fourth-order valence-corrected chi connectivity index (χ4v) is 8.93. The Morgan fingerprint density at radius 1 is 1.05 bits per heavy atom. The highest BCUT2D eigenvalue weighted by atomic mass is 31.2. The van der Waals surface area contributed by atoms with E-state index < -0.39 is 13.0 Å². The van der Waals surface area contributed by atoms with E-state index >= 15 is 0 Å². The standard InChI is InChI=1S/C26H28N9O3P/c1-35-23(39(37,15-6-7-15)16-8-9-16)13-19(34-35)17-4-3-5-18(25(17)38-2)30-20-12-22(32-33-24(20)26(27)36)31-21-10-11-28-14-29-21/h3-5,10-16H,6-9H2,1-2H3,(H2,27,36)(H2,28,29,30,31,32). The van der Waals surface area contributed by atoms with E-state index in [9.17, 15) is 9.36 Å². The second-order valence-electron chi connectivity index (χ2n) is 9.77. The molecule has 0 radical (unpaired) electrons. The maximum atomic E-state index is 14.2. The second kappa shape index (κ2) is 9.77. The van der Waals surface area contributed by atoms with Gasteiger partial charge in [-0.2, -0.15) is 5.10 Å². The minimum atomic E-state index is -2.51. The van der Waals surface area contributed by atoms with Gasteiger partial charge in [-0.25, -0.2) is 9.97 Å². The first-order valence-electron chi connectivity index (χ1n) is 12.7. The number of ether oxygens (including phenoxy) is 1. The number of benzene rings is 1. The van der Waals surface area contributed by atoms with E-state index in [0.717, 1.165) is 36.7 Å². The van der Waals surface area contributed by atoms with E-state index in [1.807, 2.05) is 31.3 Å². The van der Waals surface area contributed by atoms with Gasteiger partial charge in [0.1, 0.15) is 19.3 Å². The van der Waals surface area contributed by atoms with Crippen molar-refractivity contribution in [2.24, 2.45) is 12.8 Å². The Morgan fingerprint density at radius 2 is 1.82 bits per heavy atom. The first-order chi connectivity index (χ1) is 18.9. The van der Waals surface area contributed by atoms with Crippen molar-refractivity contribution in [1.29, 1.82) is 0 Å². The van der Waals surface area contributed by atoms with Gasteiger partial charge in [-0.15, -0.1) is 10.2 Å². The van der Waals surface area contributed by atoms with Gasteiger partial charge in [0.05, 0.1) is 29.6 Å². The number of methoxy groups -OCH3 is 1. The van der Waals surface area contributed by atoms with Gasteiger partial charge in [0.25, 0.3) is 5.91 Å². The molecule has 3 aromatic heterocycles. The molecule has 2 aliphatic rings. The van der Waals surface area contributed by atoms with Gasteiger partial charge >= 0.3 is 0 Å². The molecule has 200 valence electrons. The van der Waals surface area contributed by atoms with Gasteiger partial charge in [0.2, 0.25) is 0 Å². The lowest BCUT2D eigenvalue weighted by atomic mass is 10.1. The molecule has 0 atom stereocenters. The normalized spacial score (nSPS) is 15.1. The fraction of sp³-hybridized carbons (Fsp3) is 0.308. The number of amides is 1. The van der Waals surface area contributed by atoms with Crippen molar-refractivity contribution >= 4 is 41.5 Å². The van der Waals surface area contributed by atoms with E-state index in [4.69, 9.17) is 15.6 Å². The molecule has 39 heavy (non-hydrogen) atoms. The number of nitrogens with two attached hydrogens (primary N) is 1. The van der Waals surface area contributed by atoms with E-state index in [1.165, 1.54) is 6.33 Å². The number of carbonyl (C=O) groups excluding carboxylic acids is 1. The Balaban J connectivity index is 1.36. The number of aryl methyl sites for hydroxylation is 1. The zero-order valence-corrected chi connectivity index (χ0v) is 22.4. The maximum Gasteiger partial charge on any atom is 0.271 e. The number of anilines is 4. The first kappa shape index (κ1) is 25.0. The van der Waals surface area contributed by atoms with E-state index in [-0.39, 0.29) is 17.0 Å². The van der Waals surface area contributed by atoms with Gasteiger partial charge in [0.15, 0.2) is 17.3 Å². The molecule has 12 nitrogen and oxygen atoms in total. The average Bonchev–Trinajstić information content (AvgIpc) is 3.86. The third kappa shape index (κ3) is 4.72. The molecule has 1 amide bonds. The number of carbonyl (C=O) groups is 1. The summed E-state index contributed by atoms with van der Waals surface area (Å²) in [5, 5.41) is 19.1. The molecule has 1 aromatic carbocycles. The lowest BCUT2D eigenvalue weighted by Crippen LogP contribution is -2.20. The molecular weight excluding hydrogens is 517 g/mol. The molecule has 0 aliphatic heterocycles. The molecule has 2 saturated carbocycles. The van der Waals surface area contributed by atoms with Crippen LogP contribution in [0.1, 0.15) is 36.2 Å². The summed E-state index contributed by atoms with van der Waals surface area (Å²) in [5.74, 6) is 0.630. The molecule has 4 N–H and O–H groups in total. The van der Waals surface area contributed by atoms with Crippen LogP contribution in [0.5, 0.6) is 5.75 Å². The molecule has 0 spiro atoms. The third-order valence-electron chi connectivity index (χ3n) is 7.02. The topological polar surface area (TPSA) is 163 Å². The van der Waals surface area contributed by atoms with Crippen LogP contribution in [0.2, 0.25) is 0 Å². The molecular formula is C26H28N9O3P. The summed E-state index contributed by atoms with van der Waals surface area (Å²) >= 11 is 0. The average molecular weight is 546 g/mol. The molecule has 0 unspecified atom stereocenters. The smallest absolute Gasteiger partial charge is 0.271 e. The predicted octanol–water partition coefficient (Wildman–Crippen LogP) is 3.58. The molecule has 6 rings (SSSR count). The van der Waals surface area contributed by atoms with Crippen LogP contribution in [0.25, 0.3) is 11.3 Å². The summed E-state index contributed by atoms with van der Waals surface area (Å²) in [6, 6.07) is 10.8. The van der Waals surface area contributed by atoms with Crippen LogP contribution in [-0.4, -0.2) is 54.3 Å². The highest BCUT2D eigenvalue weighted by Crippen LogP contribution is 2.69. The summed E-state index contributed by atoms with van der Waals surface area (Å²) < 4.78 is 21.7. The number of hydrogen-bond acceptors (Lipinski definition) is 10. The van der Waals surface area contributed by atoms with Crippen molar-refractivity contribution in [2.75, 3.05) is 17.7 Å².